The van der Waals surface area contributed by atoms with E-state index in [1.165, 1.54) is 0 Å². The van der Waals surface area contributed by atoms with Gasteiger partial charge < -0.3 is 9.84 Å². The number of hydrogen-bond acceptors (Lipinski definition) is 4. The van der Waals surface area contributed by atoms with Gasteiger partial charge in [-0.3, -0.25) is 4.79 Å². The van der Waals surface area contributed by atoms with Crippen molar-refractivity contribution >= 4 is 15.8 Å². The summed E-state index contributed by atoms with van der Waals surface area (Å²) < 4.78 is 26.8. The average Bonchev–Trinajstić information content (AvgIpc) is 1.95. The first kappa shape index (κ1) is 12.4. The summed E-state index contributed by atoms with van der Waals surface area (Å²) in [5.41, 5.74) is 0. The van der Waals surface area contributed by atoms with Crippen molar-refractivity contribution in [3.05, 3.63) is 0 Å². The Labute approximate surface area is 77.6 Å². The second kappa shape index (κ2) is 5.93. The highest BCUT2D eigenvalue weighted by Gasteiger charge is 2.14. The monoisotopic (exact) mass is 210 g/mol. The number of carboxylic acids is 1. The van der Waals surface area contributed by atoms with E-state index in [0.29, 0.717) is 6.61 Å². The maximum Gasteiger partial charge on any atom is 0.318 e. The molecule has 78 valence electrons. The van der Waals surface area contributed by atoms with Crippen LogP contribution in [0.25, 0.3) is 0 Å². The molecule has 0 amide bonds. The first-order valence-corrected chi connectivity index (χ1v) is 5.80. The van der Waals surface area contributed by atoms with Crippen molar-refractivity contribution in [1.29, 1.82) is 0 Å². The molecule has 0 aromatic heterocycles. The fourth-order valence-electron chi connectivity index (χ4n) is 0.693. The van der Waals surface area contributed by atoms with E-state index in [1.807, 2.05) is 6.92 Å². The van der Waals surface area contributed by atoms with Crippen LogP contribution in [-0.4, -0.2) is 44.2 Å². The number of carbonyl (C=O) groups is 1. The molecule has 0 aromatic carbocycles. The molecule has 0 aliphatic carbocycles. The lowest BCUT2D eigenvalue weighted by molar-refractivity contribution is -0.134. The fraction of sp³-hybridized carbons (Fsp3) is 0.857. The molecular formula is C7H14O5S. The molecule has 0 bridgehead atoms. The Bertz CT molecular complexity index is 244. The zero-order valence-corrected chi connectivity index (χ0v) is 8.34. The van der Waals surface area contributed by atoms with Crippen LogP contribution in [0.15, 0.2) is 0 Å². The minimum absolute atomic E-state index is 0.0729. The van der Waals surface area contributed by atoms with Crippen molar-refractivity contribution in [1.82, 2.24) is 0 Å². The maximum atomic E-state index is 10.9. The first-order chi connectivity index (χ1) is 5.98. The van der Waals surface area contributed by atoms with Crippen LogP contribution >= 0.6 is 0 Å². The van der Waals surface area contributed by atoms with Gasteiger partial charge in [0, 0.05) is 6.61 Å². The minimum Gasteiger partial charge on any atom is -0.480 e. The number of aliphatic carboxylic acids is 1. The number of rotatable bonds is 7. The van der Waals surface area contributed by atoms with Crippen molar-refractivity contribution in [2.45, 2.75) is 13.3 Å². The molecule has 0 saturated heterocycles. The van der Waals surface area contributed by atoms with Gasteiger partial charge in [0.05, 0.1) is 12.4 Å². The van der Waals surface area contributed by atoms with Gasteiger partial charge in [0.2, 0.25) is 0 Å². The molecule has 0 saturated carbocycles. The van der Waals surface area contributed by atoms with E-state index in [-0.39, 0.29) is 12.4 Å². The summed E-state index contributed by atoms with van der Waals surface area (Å²) in [6.45, 7) is 2.48. The van der Waals surface area contributed by atoms with Crippen LogP contribution < -0.4 is 0 Å². The lowest BCUT2D eigenvalue weighted by Crippen LogP contribution is -2.21. The molecule has 1 N–H and O–H groups in total. The fourth-order valence-corrected chi connectivity index (χ4v) is 1.58. The van der Waals surface area contributed by atoms with Gasteiger partial charge in [0.25, 0.3) is 0 Å². The standard InChI is InChI=1S/C7H14O5S/c1-2-3-12-4-5-13(10,11)6-7(8)9/h2-6H2,1H3,(H,8,9). The Kier molecular flexibility index (Phi) is 5.65. The number of hydrogen-bond donors (Lipinski definition) is 1. The molecule has 0 fully saturated rings. The van der Waals surface area contributed by atoms with Crippen LogP contribution in [0.4, 0.5) is 0 Å². The number of sulfone groups is 1. The van der Waals surface area contributed by atoms with Gasteiger partial charge in [-0.2, -0.15) is 0 Å². The van der Waals surface area contributed by atoms with Gasteiger partial charge >= 0.3 is 5.97 Å². The highest BCUT2D eigenvalue weighted by Crippen LogP contribution is 1.91. The first-order valence-electron chi connectivity index (χ1n) is 3.98. The highest BCUT2D eigenvalue weighted by atomic mass is 32.2. The quantitative estimate of drug-likeness (QED) is 0.594. The number of carboxylic acid groups (broad SMARTS) is 1. The third-order valence-electron chi connectivity index (χ3n) is 1.23. The maximum absolute atomic E-state index is 10.9. The van der Waals surface area contributed by atoms with Crippen LogP contribution in [0.2, 0.25) is 0 Å². The van der Waals surface area contributed by atoms with Crippen LogP contribution in [0.5, 0.6) is 0 Å². The second-order valence-corrected chi connectivity index (χ2v) is 4.78. The van der Waals surface area contributed by atoms with E-state index < -0.39 is 21.6 Å². The summed E-state index contributed by atoms with van der Waals surface area (Å²) in [6, 6.07) is 0. The minimum atomic E-state index is -3.49. The molecule has 0 spiro atoms. The molecule has 0 rings (SSSR count). The molecule has 0 heterocycles. The smallest absolute Gasteiger partial charge is 0.318 e. The van der Waals surface area contributed by atoms with Gasteiger partial charge in [-0.15, -0.1) is 0 Å². The highest BCUT2D eigenvalue weighted by molar-refractivity contribution is 7.92. The third kappa shape index (κ3) is 7.73. The third-order valence-corrected chi connectivity index (χ3v) is 2.71. The SMILES string of the molecule is CCCOCCS(=O)(=O)CC(=O)O. The summed E-state index contributed by atoms with van der Waals surface area (Å²) >= 11 is 0. The largest absolute Gasteiger partial charge is 0.480 e. The molecule has 0 aliphatic heterocycles. The zero-order valence-electron chi connectivity index (χ0n) is 7.52. The van der Waals surface area contributed by atoms with Gasteiger partial charge in [0.15, 0.2) is 9.84 Å². The Balaban J connectivity index is 3.71. The summed E-state index contributed by atoms with van der Waals surface area (Å²) in [7, 11) is -3.49. The summed E-state index contributed by atoms with van der Waals surface area (Å²) in [6.07, 6.45) is 0.818. The van der Waals surface area contributed by atoms with Crippen LogP contribution in [0.3, 0.4) is 0 Å². The van der Waals surface area contributed by atoms with Crippen LogP contribution in [0, 0.1) is 0 Å². The predicted molar refractivity (Wildman–Crippen MR) is 47.4 cm³/mol. The van der Waals surface area contributed by atoms with Gasteiger partial charge in [-0.1, -0.05) is 6.92 Å². The zero-order chi connectivity index (χ0) is 10.3. The molecule has 5 nitrogen and oxygen atoms in total. The van der Waals surface area contributed by atoms with E-state index in [1.54, 1.807) is 0 Å². The topological polar surface area (TPSA) is 80.7 Å². The summed E-state index contributed by atoms with van der Waals surface area (Å²) in [5, 5.41) is 8.23. The lowest BCUT2D eigenvalue weighted by atomic mass is 10.5. The van der Waals surface area contributed by atoms with E-state index in [4.69, 9.17) is 9.84 Å². The average molecular weight is 210 g/mol. The van der Waals surface area contributed by atoms with Crippen molar-refractivity contribution < 1.29 is 23.1 Å². The van der Waals surface area contributed by atoms with E-state index in [9.17, 15) is 13.2 Å². The summed E-state index contributed by atoms with van der Waals surface area (Å²) in [5.74, 6) is -2.36. The van der Waals surface area contributed by atoms with Gasteiger partial charge in [-0.25, -0.2) is 8.42 Å². The molecular weight excluding hydrogens is 196 g/mol. The Morgan fingerprint density at radius 3 is 2.46 bits per heavy atom. The molecule has 13 heavy (non-hydrogen) atoms. The Morgan fingerprint density at radius 1 is 1.38 bits per heavy atom. The van der Waals surface area contributed by atoms with Gasteiger partial charge in [-0.05, 0) is 6.42 Å². The molecule has 0 aromatic rings. The van der Waals surface area contributed by atoms with Crippen molar-refractivity contribution in [2.24, 2.45) is 0 Å². The van der Waals surface area contributed by atoms with Crippen molar-refractivity contribution in [2.75, 3.05) is 24.7 Å². The molecule has 6 heteroatoms. The van der Waals surface area contributed by atoms with Crippen LogP contribution in [-0.2, 0) is 19.4 Å². The molecule has 0 radical (unpaired) electrons. The van der Waals surface area contributed by atoms with Crippen molar-refractivity contribution in [3.63, 3.8) is 0 Å². The Hall–Kier alpha value is -0.620. The normalized spacial score (nSPS) is 11.5. The van der Waals surface area contributed by atoms with Crippen LogP contribution in [0.1, 0.15) is 13.3 Å². The second-order valence-electron chi connectivity index (χ2n) is 2.60. The summed E-state index contributed by atoms with van der Waals surface area (Å²) in [4.78, 5) is 10.1. The van der Waals surface area contributed by atoms with Crippen molar-refractivity contribution in [3.8, 4) is 0 Å². The van der Waals surface area contributed by atoms with Gasteiger partial charge in [0.1, 0.15) is 5.75 Å². The van der Waals surface area contributed by atoms with E-state index in [2.05, 4.69) is 0 Å². The van der Waals surface area contributed by atoms with E-state index >= 15 is 0 Å². The molecule has 0 aliphatic rings. The Morgan fingerprint density at radius 2 is 2.00 bits per heavy atom. The molecule has 0 atom stereocenters. The lowest BCUT2D eigenvalue weighted by Gasteiger charge is -2.02. The predicted octanol–water partition coefficient (Wildman–Crippen LogP) is -0.0876. The van der Waals surface area contributed by atoms with E-state index in [0.717, 1.165) is 6.42 Å². The molecule has 0 unspecified atom stereocenters. The number of ether oxygens (including phenoxy) is 1.